The number of ether oxygens (including phenoxy) is 1. The average molecular weight is 211 g/mol. The first-order valence-corrected chi connectivity index (χ1v) is 5.35. The molecule has 0 radical (unpaired) electrons. The minimum absolute atomic E-state index is 0.156. The van der Waals surface area contributed by atoms with Crippen LogP contribution in [0, 0.1) is 17.8 Å². The van der Waals surface area contributed by atoms with Gasteiger partial charge in [-0.05, 0) is 24.2 Å². The molecule has 1 aliphatic carbocycles. The minimum Gasteiger partial charge on any atom is -0.466 e. The zero-order valence-corrected chi connectivity index (χ0v) is 9.06. The predicted molar refractivity (Wildman–Crippen MR) is 54.9 cm³/mol. The molecular weight excluding hydrogens is 194 g/mol. The Kier molecular flexibility index (Phi) is 2.69. The summed E-state index contributed by atoms with van der Waals surface area (Å²) in [4.78, 5) is 11.5. The van der Waals surface area contributed by atoms with Crippen molar-refractivity contribution in [1.82, 2.24) is 5.32 Å². The van der Waals surface area contributed by atoms with Crippen molar-refractivity contribution >= 4 is 5.97 Å². The Morgan fingerprint density at radius 2 is 2.40 bits per heavy atom. The molecule has 0 saturated heterocycles. The summed E-state index contributed by atoms with van der Waals surface area (Å²) in [5, 5.41) is 12.9. The van der Waals surface area contributed by atoms with Gasteiger partial charge in [0.05, 0.1) is 18.8 Å². The summed E-state index contributed by atoms with van der Waals surface area (Å²) >= 11 is 0. The molecule has 4 atom stereocenters. The quantitative estimate of drug-likeness (QED) is 0.612. The third kappa shape index (κ3) is 1.63. The second kappa shape index (κ2) is 3.85. The van der Waals surface area contributed by atoms with Gasteiger partial charge in [0.1, 0.15) is 0 Å². The standard InChI is InChI=1S/C11H17NO3/c1-6-8-4-12-5-9(11(14)15-2)7(8)3-10(6)13/h5-8,10,12-13H,3-4H2,1-2H3/t6-,7-,8-,10-/m0/s1. The molecule has 0 unspecified atom stereocenters. The van der Waals surface area contributed by atoms with E-state index < -0.39 is 0 Å². The molecule has 1 aliphatic heterocycles. The number of fused-ring (bicyclic) bond motifs is 1. The van der Waals surface area contributed by atoms with Crippen molar-refractivity contribution in [2.45, 2.75) is 19.4 Å². The molecule has 0 amide bonds. The molecule has 0 spiro atoms. The summed E-state index contributed by atoms with van der Waals surface area (Å²) in [7, 11) is 1.39. The van der Waals surface area contributed by atoms with E-state index >= 15 is 0 Å². The Morgan fingerprint density at radius 3 is 3.07 bits per heavy atom. The maximum absolute atomic E-state index is 11.5. The molecule has 2 rings (SSSR count). The highest BCUT2D eigenvalue weighted by molar-refractivity contribution is 5.89. The van der Waals surface area contributed by atoms with E-state index in [4.69, 9.17) is 4.74 Å². The van der Waals surface area contributed by atoms with E-state index in [1.54, 1.807) is 6.20 Å². The molecule has 1 heterocycles. The van der Waals surface area contributed by atoms with Gasteiger partial charge in [-0.3, -0.25) is 0 Å². The SMILES string of the molecule is COC(=O)C1=CNC[C@H]2[C@H](C)[C@@H](O)C[C@H]12. The summed E-state index contributed by atoms with van der Waals surface area (Å²) in [6.07, 6.45) is 2.11. The third-order valence-electron chi connectivity index (χ3n) is 3.73. The van der Waals surface area contributed by atoms with Crippen LogP contribution in [0.1, 0.15) is 13.3 Å². The van der Waals surface area contributed by atoms with Gasteiger partial charge in [0, 0.05) is 12.7 Å². The normalized spacial score (nSPS) is 39.0. The molecule has 84 valence electrons. The van der Waals surface area contributed by atoms with Crippen molar-refractivity contribution in [2.75, 3.05) is 13.7 Å². The summed E-state index contributed by atoms with van der Waals surface area (Å²) in [5.74, 6) is 0.470. The molecule has 4 nitrogen and oxygen atoms in total. The zero-order chi connectivity index (χ0) is 11.0. The third-order valence-corrected chi connectivity index (χ3v) is 3.73. The molecule has 15 heavy (non-hydrogen) atoms. The summed E-state index contributed by atoms with van der Waals surface area (Å²) in [6.45, 7) is 2.88. The van der Waals surface area contributed by atoms with E-state index in [0.717, 1.165) is 6.54 Å². The molecule has 1 saturated carbocycles. The van der Waals surface area contributed by atoms with Crippen LogP contribution in [0.2, 0.25) is 0 Å². The van der Waals surface area contributed by atoms with Gasteiger partial charge in [-0.15, -0.1) is 0 Å². The lowest BCUT2D eigenvalue weighted by Crippen LogP contribution is -2.34. The van der Waals surface area contributed by atoms with E-state index in [2.05, 4.69) is 5.32 Å². The molecule has 2 N–H and O–H groups in total. The van der Waals surface area contributed by atoms with Crippen LogP contribution >= 0.6 is 0 Å². The van der Waals surface area contributed by atoms with Crippen LogP contribution in [-0.4, -0.2) is 30.8 Å². The monoisotopic (exact) mass is 211 g/mol. The van der Waals surface area contributed by atoms with Gasteiger partial charge in [-0.1, -0.05) is 6.92 Å². The summed E-state index contributed by atoms with van der Waals surface area (Å²) in [6, 6.07) is 0. The van der Waals surface area contributed by atoms with Gasteiger partial charge < -0.3 is 15.2 Å². The van der Waals surface area contributed by atoms with Gasteiger partial charge in [-0.2, -0.15) is 0 Å². The maximum Gasteiger partial charge on any atom is 0.335 e. The van der Waals surface area contributed by atoms with E-state index in [1.165, 1.54) is 7.11 Å². The van der Waals surface area contributed by atoms with Gasteiger partial charge in [0.25, 0.3) is 0 Å². The Hall–Kier alpha value is -1.03. The number of aliphatic hydroxyl groups is 1. The summed E-state index contributed by atoms with van der Waals surface area (Å²) < 4.78 is 4.74. The smallest absolute Gasteiger partial charge is 0.335 e. The number of carbonyl (C=O) groups is 1. The highest BCUT2D eigenvalue weighted by atomic mass is 16.5. The number of rotatable bonds is 1. The second-order valence-electron chi connectivity index (χ2n) is 4.43. The number of hydrogen-bond acceptors (Lipinski definition) is 4. The van der Waals surface area contributed by atoms with Crippen LogP contribution in [0.15, 0.2) is 11.8 Å². The number of aliphatic hydroxyl groups excluding tert-OH is 1. The van der Waals surface area contributed by atoms with E-state index in [9.17, 15) is 9.90 Å². The van der Waals surface area contributed by atoms with Gasteiger partial charge in [0.15, 0.2) is 0 Å². The largest absolute Gasteiger partial charge is 0.466 e. The Balaban J connectivity index is 2.21. The van der Waals surface area contributed by atoms with Crippen LogP contribution < -0.4 is 5.32 Å². The molecule has 2 aliphatic rings. The molecule has 4 heteroatoms. The average Bonchev–Trinajstić information content (AvgIpc) is 2.54. The van der Waals surface area contributed by atoms with Crippen LogP contribution in [0.5, 0.6) is 0 Å². The molecule has 0 bridgehead atoms. The van der Waals surface area contributed by atoms with Crippen molar-refractivity contribution in [1.29, 1.82) is 0 Å². The number of methoxy groups -OCH3 is 1. The maximum atomic E-state index is 11.5. The van der Waals surface area contributed by atoms with Crippen molar-refractivity contribution < 1.29 is 14.6 Å². The predicted octanol–water partition coefficient (Wildman–Crippen LogP) is 0.280. The lowest BCUT2D eigenvalue weighted by atomic mass is 9.83. The molecule has 0 aromatic rings. The molecular formula is C11H17NO3. The Bertz CT molecular complexity index is 300. The van der Waals surface area contributed by atoms with Gasteiger partial charge in [0.2, 0.25) is 0 Å². The number of carbonyl (C=O) groups excluding carboxylic acids is 1. The van der Waals surface area contributed by atoms with Crippen LogP contribution in [-0.2, 0) is 9.53 Å². The fourth-order valence-corrected chi connectivity index (χ4v) is 2.73. The highest BCUT2D eigenvalue weighted by Gasteiger charge is 2.44. The fraction of sp³-hybridized carbons (Fsp3) is 0.727. The number of hydrogen-bond donors (Lipinski definition) is 2. The molecule has 0 aromatic carbocycles. The summed E-state index contributed by atoms with van der Waals surface area (Å²) in [5.41, 5.74) is 0.678. The number of nitrogens with one attached hydrogen (secondary N) is 1. The van der Waals surface area contributed by atoms with Crippen molar-refractivity contribution in [3.8, 4) is 0 Å². The van der Waals surface area contributed by atoms with Crippen LogP contribution in [0.4, 0.5) is 0 Å². The lowest BCUT2D eigenvalue weighted by Gasteiger charge is -2.28. The Morgan fingerprint density at radius 1 is 1.67 bits per heavy atom. The van der Waals surface area contributed by atoms with Crippen molar-refractivity contribution in [3.05, 3.63) is 11.8 Å². The van der Waals surface area contributed by atoms with Crippen LogP contribution in [0.25, 0.3) is 0 Å². The zero-order valence-electron chi connectivity index (χ0n) is 9.06. The lowest BCUT2D eigenvalue weighted by molar-refractivity contribution is -0.137. The molecule has 1 fully saturated rings. The van der Waals surface area contributed by atoms with Crippen molar-refractivity contribution in [2.24, 2.45) is 17.8 Å². The van der Waals surface area contributed by atoms with Gasteiger partial charge >= 0.3 is 5.97 Å². The highest BCUT2D eigenvalue weighted by Crippen LogP contribution is 2.42. The fourth-order valence-electron chi connectivity index (χ4n) is 2.73. The van der Waals surface area contributed by atoms with E-state index in [0.29, 0.717) is 17.9 Å². The minimum atomic E-state index is -0.298. The number of esters is 1. The van der Waals surface area contributed by atoms with Gasteiger partial charge in [-0.25, -0.2) is 4.79 Å². The first kappa shape index (κ1) is 10.5. The topological polar surface area (TPSA) is 58.6 Å². The second-order valence-corrected chi connectivity index (χ2v) is 4.43. The van der Waals surface area contributed by atoms with Crippen molar-refractivity contribution in [3.63, 3.8) is 0 Å². The first-order valence-electron chi connectivity index (χ1n) is 5.35. The first-order chi connectivity index (χ1) is 7.15. The molecule has 0 aromatic heterocycles. The van der Waals surface area contributed by atoms with E-state index in [1.807, 2.05) is 6.92 Å². The van der Waals surface area contributed by atoms with E-state index in [-0.39, 0.29) is 23.9 Å². The Labute approximate surface area is 89.3 Å². The van der Waals surface area contributed by atoms with Crippen LogP contribution in [0.3, 0.4) is 0 Å².